The van der Waals surface area contributed by atoms with E-state index in [0.29, 0.717) is 18.1 Å². The van der Waals surface area contributed by atoms with Gasteiger partial charge in [0.1, 0.15) is 11.4 Å². The minimum atomic E-state index is -0.272. The largest absolute Gasteiger partial charge is 0.437 e. The van der Waals surface area contributed by atoms with Crippen LogP contribution in [0.25, 0.3) is 10.2 Å². The Bertz CT molecular complexity index is 1110. The molecule has 0 saturated heterocycles. The third-order valence-electron chi connectivity index (χ3n) is 5.34. The Morgan fingerprint density at radius 2 is 1.83 bits per heavy atom. The molecule has 30 heavy (non-hydrogen) atoms. The van der Waals surface area contributed by atoms with Crippen LogP contribution in [0.4, 0.5) is 10.8 Å². The lowest BCUT2D eigenvalue weighted by molar-refractivity contribution is 0.118. The molecule has 0 unspecified atom stereocenters. The number of fused-ring (bicyclic) bond motifs is 1. The van der Waals surface area contributed by atoms with Crippen molar-refractivity contribution in [2.45, 2.75) is 37.7 Å². The van der Waals surface area contributed by atoms with Gasteiger partial charge in [0.25, 0.3) is 0 Å². The van der Waals surface area contributed by atoms with E-state index in [-0.39, 0.29) is 12.0 Å². The van der Waals surface area contributed by atoms with Gasteiger partial charge in [0, 0.05) is 24.0 Å². The second-order valence-corrected chi connectivity index (χ2v) is 8.53. The van der Waals surface area contributed by atoms with E-state index < -0.39 is 0 Å². The van der Waals surface area contributed by atoms with Crippen LogP contribution >= 0.6 is 11.3 Å². The molecule has 6 nitrogen and oxygen atoms in total. The van der Waals surface area contributed by atoms with E-state index in [0.717, 1.165) is 46.0 Å². The molecule has 0 amide bonds. The van der Waals surface area contributed by atoms with Crippen molar-refractivity contribution in [1.29, 1.82) is 0 Å². The second kappa shape index (κ2) is 8.38. The Kier molecular flexibility index (Phi) is 5.29. The molecule has 4 aromatic rings. The molecule has 1 aliphatic carbocycles. The molecule has 1 saturated carbocycles. The van der Waals surface area contributed by atoms with Crippen LogP contribution in [0.5, 0.6) is 11.6 Å². The molecule has 0 bridgehead atoms. The van der Waals surface area contributed by atoms with Crippen LogP contribution in [0, 0.1) is 0 Å². The fourth-order valence-corrected chi connectivity index (χ4v) is 4.76. The van der Waals surface area contributed by atoms with Crippen LogP contribution in [-0.2, 0) is 0 Å². The van der Waals surface area contributed by atoms with Gasteiger partial charge in [-0.25, -0.2) is 9.97 Å². The molecule has 2 aromatic carbocycles. The zero-order valence-corrected chi connectivity index (χ0v) is 17.2. The summed E-state index contributed by atoms with van der Waals surface area (Å²) in [6.07, 6.45) is 6.61. The van der Waals surface area contributed by atoms with Gasteiger partial charge in [0.05, 0.1) is 16.3 Å². The number of hydrogen-bond acceptors (Lipinski definition) is 7. The molecule has 2 atom stereocenters. The van der Waals surface area contributed by atoms with E-state index in [1.165, 1.54) is 0 Å². The topological polar surface area (TPSA) is 80.2 Å². The lowest BCUT2D eigenvalue weighted by Crippen LogP contribution is -2.19. The maximum absolute atomic E-state index is 10.0. The lowest BCUT2D eigenvalue weighted by atomic mass is 9.85. The number of aromatic nitrogens is 3. The van der Waals surface area contributed by atoms with Crippen molar-refractivity contribution in [3.05, 3.63) is 66.6 Å². The summed E-state index contributed by atoms with van der Waals surface area (Å²) in [5.41, 5.74) is 2.76. The number of nitrogens with one attached hydrogen (secondary N) is 1. The van der Waals surface area contributed by atoms with Crippen LogP contribution in [0.3, 0.4) is 0 Å². The maximum Gasteiger partial charge on any atom is 0.241 e. The smallest absolute Gasteiger partial charge is 0.241 e. The van der Waals surface area contributed by atoms with Gasteiger partial charge < -0.3 is 15.2 Å². The molecule has 5 rings (SSSR count). The number of anilines is 2. The van der Waals surface area contributed by atoms with Crippen molar-refractivity contribution in [2.75, 3.05) is 5.32 Å². The van der Waals surface area contributed by atoms with Crippen molar-refractivity contribution in [3.8, 4) is 11.6 Å². The summed E-state index contributed by atoms with van der Waals surface area (Å²) in [5, 5.41) is 14.2. The zero-order valence-electron chi connectivity index (χ0n) is 16.4. The molecule has 2 aromatic heterocycles. The predicted molar refractivity (Wildman–Crippen MR) is 119 cm³/mol. The molecule has 1 fully saturated rings. The van der Waals surface area contributed by atoms with Gasteiger partial charge in [-0.15, -0.1) is 0 Å². The van der Waals surface area contributed by atoms with Crippen LogP contribution in [-0.4, -0.2) is 26.2 Å². The summed E-state index contributed by atoms with van der Waals surface area (Å²) in [5.74, 6) is 1.39. The average Bonchev–Trinajstić information content (AvgIpc) is 3.18. The number of para-hydroxylation sites is 1. The van der Waals surface area contributed by atoms with Gasteiger partial charge in [-0.05, 0) is 55.7 Å². The van der Waals surface area contributed by atoms with Gasteiger partial charge in [-0.3, -0.25) is 4.98 Å². The number of hydrogen-bond donors (Lipinski definition) is 2. The summed E-state index contributed by atoms with van der Waals surface area (Å²) in [4.78, 5) is 13.5. The van der Waals surface area contributed by atoms with Crippen LogP contribution in [0.1, 0.15) is 37.3 Å². The molecule has 0 radical (unpaired) electrons. The SMILES string of the molecule is O[C@H]1CCC[C@H](c2nccnc2Oc2ccc(Nc3nc4ccccc4s3)cc2)C1. The Hall–Kier alpha value is -3.03. The molecule has 7 heteroatoms. The molecular formula is C23H22N4O2S. The van der Waals surface area contributed by atoms with Crippen LogP contribution < -0.4 is 10.1 Å². The van der Waals surface area contributed by atoms with Crippen molar-refractivity contribution in [1.82, 2.24) is 15.0 Å². The molecule has 1 aliphatic rings. The first-order chi connectivity index (χ1) is 14.7. The fraction of sp³-hybridized carbons (Fsp3) is 0.261. The van der Waals surface area contributed by atoms with Gasteiger partial charge >= 0.3 is 0 Å². The first kappa shape index (κ1) is 19.0. The highest BCUT2D eigenvalue weighted by atomic mass is 32.1. The first-order valence-electron chi connectivity index (χ1n) is 10.1. The van der Waals surface area contributed by atoms with Gasteiger partial charge in [0.2, 0.25) is 5.88 Å². The number of rotatable bonds is 5. The standard InChI is InChI=1S/C23H22N4O2S/c28-17-5-3-4-15(14-17)21-22(25-13-12-24-21)29-18-10-8-16(9-11-18)26-23-27-19-6-1-2-7-20(19)30-23/h1-2,6-13,15,17,28H,3-5,14H2,(H,26,27)/t15-,17-/m0/s1. The molecule has 152 valence electrons. The van der Waals surface area contributed by atoms with Crippen molar-refractivity contribution in [2.24, 2.45) is 0 Å². The van der Waals surface area contributed by atoms with Crippen molar-refractivity contribution in [3.63, 3.8) is 0 Å². The summed E-state index contributed by atoms with van der Waals surface area (Å²) in [7, 11) is 0. The average molecular weight is 419 g/mol. The molecule has 2 N–H and O–H groups in total. The highest BCUT2D eigenvalue weighted by Crippen LogP contribution is 2.37. The Balaban J connectivity index is 1.30. The monoisotopic (exact) mass is 418 g/mol. The van der Waals surface area contributed by atoms with E-state index in [4.69, 9.17) is 4.74 Å². The number of thiazole rings is 1. The minimum absolute atomic E-state index is 0.178. The van der Waals surface area contributed by atoms with Crippen LogP contribution in [0.15, 0.2) is 60.9 Å². The van der Waals surface area contributed by atoms with E-state index in [2.05, 4.69) is 26.3 Å². The zero-order chi connectivity index (χ0) is 20.3. The number of ether oxygens (including phenoxy) is 1. The number of benzene rings is 2. The number of nitrogens with zero attached hydrogens (tertiary/aromatic N) is 3. The van der Waals surface area contributed by atoms with E-state index in [1.54, 1.807) is 23.7 Å². The molecule has 0 spiro atoms. The first-order valence-corrected chi connectivity index (χ1v) is 11.0. The van der Waals surface area contributed by atoms with E-state index in [9.17, 15) is 5.11 Å². The number of aliphatic hydroxyl groups is 1. The normalized spacial score (nSPS) is 19.0. The maximum atomic E-state index is 10.0. The highest BCUT2D eigenvalue weighted by Gasteiger charge is 2.26. The van der Waals surface area contributed by atoms with Gasteiger partial charge in [-0.1, -0.05) is 29.9 Å². The molecule has 0 aliphatic heterocycles. The van der Waals surface area contributed by atoms with Crippen molar-refractivity contribution < 1.29 is 9.84 Å². The van der Waals surface area contributed by atoms with Crippen molar-refractivity contribution >= 4 is 32.4 Å². The minimum Gasteiger partial charge on any atom is -0.437 e. The quantitative estimate of drug-likeness (QED) is 0.436. The summed E-state index contributed by atoms with van der Waals surface area (Å²) in [6, 6.07) is 15.8. The van der Waals surface area contributed by atoms with E-state index >= 15 is 0 Å². The third kappa shape index (κ3) is 4.13. The third-order valence-corrected chi connectivity index (χ3v) is 6.29. The Labute approximate surface area is 178 Å². The summed E-state index contributed by atoms with van der Waals surface area (Å²) >= 11 is 1.62. The molecular weight excluding hydrogens is 396 g/mol. The lowest BCUT2D eigenvalue weighted by Gasteiger charge is -2.26. The second-order valence-electron chi connectivity index (χ2n) is 7.50. The molecule has 2 heterocycles. The summed E-state index contributed by atoms with van der Waals surface area (Å²) < 4.78 is 7.21. The van der Waals surface area contributed by atoms with E-state index in [1.807, 2.05) is 42.5 Å². The number of aliphatic hydroxyl groups excluding tert-OH is 1. The Morgan fingerprint density at radius 1 is 1.00 bits per heavy atom. The fourth-order valence-electron chi connectivity index (χ4n) is 3.87. The Morgan fingerprint density at radius 3 is 2.67 bits per heavy atom. The summed E-state index contributed by atoms with van der Waals surface area (Å²) in [6.45, 7) is 0. The highest BCUT2D eigenvalue weighted by molar-refractivity contribution is 7.22. The van der Waals surface area contributed by atoms with Crippen LogP contribution in [0.2, 0.25) is 0 Å². The van der Waals surface area contributed by atoms with Gasteiger partial charge in [0.15, 0.2) is 5.13 Å². The predicted octanol–water partition coefficient (Wildman–Crippen LogP) is 5.64. The van der Waals surface area contributed by atoms with Gasteiger partial charge in [-0.2, -0.15) is 0 Å².